The third-order valence-corrected chi connectivity index (χ3v) is 6.38. The number of alkyl halides is 3. The number of aromatic nitrogens is 2. The van der Waals surface area contributed by atoms with Crippen LogP contribution in [0.3, 0.4) is 0 Å². The molecule has 1 saturated carbocycles. The lowest BCUT2D eigenvalue weighted by molar-refractivity contribution is -0.136. The van der Waals surface area contributed by atoms with E-state index < -0.39 is 17.6 Å². The fourth-order valence-corrected chi connectivity index (χ4v) is 4.36. The highest BCUT2D eigenvalue weighted by Gasteiger charge is 2.38. The number of hydrogen-bond acceptors (Lipinski definition) is 4. The zero-order chi connectivity index (χ0) is 22.6. The summed E-state index contributed by atoms with van der Waals surface area (Å²) in [6, 6.07) is 7.90. The van der Waals surface area contributed by atoms with E-state index in [2.05, 4.69) is 9.88 Å². The summed E-state index contributed by atoms with van der Waals surface area (Å²) < 4.78 is 42.3. The van der Waals surface area contributed by atoms with Gasteiger partial charge in [-0.1, -0.05) is 11.6 Å². The number of pyridine rings is 1. The van der Waals surface area contributed by atoms with Crippen LogP contribution in [0.15, 0.2) is 36.5 Å². The molecule has 3 aromatic rings. The molecule has 32 heavy (non-hydrogen) atoms. The predicted molar refractivity (Wildman–Crippen MR) is 113 cm³/mol. The number of phenolic OH excluding ortho intramolecular Hbond substituents is 1. The van der Waals surface area contributed by atoms with Gasteiger partial charge in [-0.05, 0) is 54.7 Å². The maximum Gasteiger partial charge on any atom is 0.419 e. The lowest BCUT2D eigenvalue weighted by Gasteiger charge is -2.35. The quantitative estimate of drug-likeness (QED) is 0.617. The normalized spacial score (nSPS) is 17.2. The van der Waals surface area contributed by atoms with Gasteiger partial charge in [0.05, 0.1) is 5.56 Å². The summed E-state index contributed by atoms with van der Waals surface area (Å²) in [5.41, 5.74) is 0.0925. The minimum Gasteiger partial charge on any atom is -0.508 e. The van der Waals surface area contributed by atoms with Crippen molar-refractivity contribution in [3.05, 3.63) is 58.5 Å². The molecule has 1 aliphatic carbocycles. The van der Waals surface area contributed by atoms with Crippen LogP contribution in [0.1, 0.15) is 40.4 Å². The van der Waals surface area contributed by atoms with E-state index >= 15 is 0 Å². The van der Waals surface area contributed by atoms with Gasteiger partial charge in [0.25, 0.3) is 5.91 Å². The highest BCUT2D eigenvalue weighted by Crippen LogP contribution is 2.43. The van der Waals surface area contributed by atoms with Gasteiger partial charge in [0.1, 0.15) is 10.9 Å². The summed E-state index contributed by atoms with van der Waals surface area (Å²) in [6.45, 7) is 1.84. The molecule has 0 unspecified atom stereocenters. The molecule has 1 amide bonds. The average Bonchev–Trinajstić information content (AvgIpc) is 3.57. The van der Waals surface area contributed by atoms with Crippen molar-refractivity contribution < 1.29 is 23.1 Å². The molecule has 3 heterocycles. The van der Waals surface area contributed by atoms with E-state index in [-0.39, 0.29) is 28.2 Å². The highest BCUT2D eigenvalue weighted by molar-refractivity contribution is 6.33. The van der Waals surface area contributed by atoms with Crippen LogP contribution in [0.2, 0.25) is 5.15 Å². The van der Waals surface area contributed by atoms with E-state index in [4.69, 9.17) is 11.6 Å². The minimum absolute atomic E-state index is 0.0890. The Morgan fingerprint density at radius 1 is 1.09 bits per heavy atom. The number of rotatable bonds is 3. The van der Waals surface area contributed by atoms with Gasteiger partial charge in [-0.25, -0.2) is 4.98 Å². The number of nitrogens with zero attached hydrogens (tertiary/aromatic N) is 4. The van der Waals surface area contributed by atoms with Crippen LogP contribution in [0, 0.1) is 0 Å². The third kappa shape index (κ3) is 3.74. The lowest BCUT2D eigenvalue weighted by atomic mass is 10.1. The Bertz CT molecular complexity index is 1180. The van der Waals surface area contributed by atoms with Gasteiger partial charge in [-0.3, -0.25) is 9.20 Å². The first kappa shape index (κ1) is 20.9. The minimum atomic E-state index is -4.60. The number of carbonyl (C=O) groups excluding carboxylic acids is 1. The summed E-state index contributed by atoms with van der Waals surface area (Å²) in [7, 11) is 0. The summed E-state index contributed by atoms with van der Waals surface area (Å²) in [5.74, 6) is -0.219. The fourth-order valence-electron chi connectivity index (χ4n) is 4.10. The molecule has 1 aliphatic heterocycles. The zero-order valence-corrected chi connectivity index (χ0v) is 17.7. The lowest BCUT2D eigenvalue weighted by Crippen LogP contribution is -2.49. The second kappa shape index (κ2) is 7.58. The molecule has 0 radical (unpaired) electrons. The van der Waals surface area contributed by atoms with Gasteiger partial charge < -0.3 is 14.9 Å². The van der Waals surface area contributed by atoms with Crippen LogP contribution in [0.25, 0.3) is 5.65 Å². The number of phenols is 1. The molecule has 6 nitrogen and oxygen atoms in total. The predicted octanol–water partition coefficient (Wildman–Crippen LogP) is 4.55. The van der Waals surface area contributed by atoms with Crippen molar-refractivity contribution in [3.8, 4) is 5.75 Å². The van der Waals surface area contributed by atoms with E-state index in [1.807, 2.05) is 0 Å². The number of anilines is 1. The summed E-state index contributed by atoms with van der Waals surface area (Å²) in [6.07, 6.45) is -1.35. The molecule has 1 saturated heterocycles. The van der Waals surface area contributed by atoms with Crippen molar-refractivity contribution >= 4 is 28.8 Å². The third-order valence-electron chi connectivity index (χ3n) is 6.02. The number of benzene rings is 1. The number of amides is 1. The standard InChI is InChI=1S/C22H20ClF3N4O2/c23-19-18(21(32)29-9-7-28(8-10-29)15-3-5-16(31)6-4-15)27-20-17(22(24,25)26)11-14(12-30(19)20)13-1-2-13/h3-6,11-13,31H,1-2,7-10H2. The second-order valence-electron chi connectivity index (χ2n) is 8.20. The molecule has 168 valence electrons. The Hall–Kier alpha value is -2.94. The average molecular weight is 465 g/mol. The maximum atomic E-state index is 13.7. The van der Waals surface area contributed by atoms with E-state index in [0.29, 0.717) is 31.7 Å². The van der Waals surface area contributed by atoms with Gasteiger partial charge in [0, 0.05) is 38.1 Å². The van der Waals surface area contributed by atoms with Crippen molar-refractivity contribution in [2.24, 2.45) is 0 Å². The molecule has 2 aliphatic rings. The Labute approximate surface area is 186 Å². The van der Waals surface area contributed by atoms with Crippen molar-refractivity contribution in [1.82, 2.24) is 14.3 Å². The van der Waals surface area contributed by atoms with Crippen molar-refractivity contribution in [2.45, 2.75) is 24.9 Å². The van der Waals surface area contributed by atoms with Gasteiger partial charge in [0.2, 0.25) is 0 Å². The smallest absolute Gasteiger partial charge is 0.419 e. The largest absolute Gasteiger partial charge is 0.508 e. The first-order chi connectivity index (χ1) is 15.2. The SMILES string of the molecule is O=C(c1nc2c(C(F)(F)F)cc(C3CC3)cn2c1Cl)N1CCN(c2ccc(O)cc2)CC1. The zero-order valence-electron chi connectivity index (χ0n) is 16.9. The maximum absolute atomic E-state index is 13.7. The second-order valence-corrected chi connectivity index (χ2v) is 8.56. The molecule has 1 N–H and O–H groups in total. The Balaban J connectivity index is 1.41. The van der Waals surface area contributed by atoms with Crippen LogP contribution in [-0.4, -0.2) is 51.5 Å². The molecule has 0 atom stereocenters. The number of carbonyl (C=O) groups is 1. The van der Waals surface area contributed by atoms with Crippen LogP contribution < -0.4 is 4.90 Å². The molecule has 2 aromatic heterocycles. The summed E-state index contributed by atoms with van der Waals surface area (Å²) >= 11 is 6.38. The number of fused-ring (bicyclic) bond motifs is 1. The monoisotopic (exact) mass is 464 g/mol. The van der Waals surface area contributed by atoms with Gasteiger partial charge in [0.15, 0.2) is 11.3 Å². The van der Waals surface area contributed by atoms with Gasteiger partial charge >= 0.3 is 6.18 Å². The highest BCUT2D eigenvalue weighted by atomic mass is 35.5. The number of aromatic hydroxyl groups is 1. The van der Waals surface area contributed by atoms with Crippen molar-refractivity contribution in [3.63, 3.8) is 0 Å². The molecule has 5 rings (SSSR count). The van der Waals surface area contributed by atoms with Crippen LogP contribution in [-0.2, 0) is 6.18 Å². The fraction of sp³-hybridized carbons (Fsp3) is 0.364. The van der Waals surface area contributed by atoms with Crippen LogP contribution in [0.5, 0.6) is 5.75 Å². The first-order valence-electron chi connectivity index (χ1n) is 10.3. The Morgan fingerprint density at radius 3 is 2.34 bits per heavy atom. The van der Waals surface area contributed by atoms with Gasteiger partial charge in [-0.2, -0.15) is 13.2 Å². The molecular formula is C22H20ClF3N4O2. The van der Waals surface area contributed by atoms with Gasteiger partial charge in [-0.15, -0.1) is 0 Å². The molecule has 2 fully saturated rings. The van der Waals surface area contributed by atoms with Crippen molar-refractivity contribution in [2.75, 3.05) is 31.1 Å². The number of imidazole rings is 1. The number of piperazine rings is 1. The van der Waals surface area contributed by atoms with E-state index in [1.54, 1.807) is 35.4 Å². The van der Waals surface area contributed by atoms with E-state index in [0.717, 1.165) is 24.6 Å². The Kier molecular flexibility index (Phi) is 4.96. The molecule has 0 bridgehead atoms. The van der Waals surface area contributed by atoms with E-state index in [1.165, 1.54) is 4.40 Å². The summed E-state index contributed by atoms with van der Waals surface area (Å²) in [4.78, 5) is 20.8. The first-order valence-corrected chi connectivity index (χ1v) is 10.7. The Morgan fingerprint density at radius 2 is 1.75 bits per heavy atom. The van der Waals surface area contributed by atoms with Crippen molar-refractivity contribution in [1.29, 1.82) is 0 Å². The van der Waals surface area contributed by atoms with E-state index in [9.17, 15) is 23.1 Å². The molecule has 10 heteroatoms. The number of hydrogen-bond donors (Lipinski definition) is 1. The van der Waals surface area contributed by atoms with Crippen LogP contribution >= 0.6 is 11.6 Å². The summed E-state index contributed by atoms with van der Waals surface area (Å²) in [5, 5.41) is 9.34. The molecular weight excluding hydrogens is 445 g/mol. The molecule has 0 spiro atoms. The molecule has 1 aromatic carbocycles. The topological polar surface area (TPSA) is 61.1 Å². The van der Waals surface area contributed by atoms with Crippen LogP contribution in [0.4, 0.5) is 18.9 Å². The number of halogens is 4.